The Bertz CT molecular complexity index is 890. The second-order valence-electron chi connectivity index (χ2n) is 7.89. The molecule has 1 aromatic carbocycles. The highest BCUT2D eigenvalue weighted by Crippen LogP contribution is 2.55. The van der Waals surface area contributed by atoms with Crippen LogP contribution in [0.1, 0.15) is 27.2 Å². The fourth-order valence-corrected chi connectivity index (χ4v) is 5.68. The van der Waals surface area contributed by atoms with Crippen LogP contribution in [0.5, 0.6) is 0 Å². The van der Waals surface area contributed by atoms with E-state index in [9.17, 15) is 18.3 Å². The van der Waals surface area contributed by atoms with Crippen molar-refractivity contribution in [3.63, 3.8) is 0 Å². The second-order valence-corrected chi connectivity index (χ2v) is 9.84. The van der Waals surface area contributed by atoms with Gasteiger partial charge in [-0.1, -0.05) is 26.0 Å². The minimum atomic E-state index is -3.47. The lowest BCUT2D eigenvalue weighted by atomic mass is 10.0. The molecule has 1 saturated heterocycles. The van der Waals surface area contributed by atoms with Gasteiger partial charge in [0.2, 0.25) is 5.91 Å². The van der Waals surface area contributed by atoms with Gasteiger partial charge in [0.05, 0.1) is 17.1 Å². The summed E-state index contributed by atoms with van der Waals surface area (Å²) < 4.78 is 38.5. The minimum Gasteiger partial charge on any atom is -0.340 e. The normalized spacial score (nSPS) is 20.7. The summed E-state index contributed by atoms with van der Waals surface area (Å²) in [4.78, 5) is 18.4. The number of carbonyl (C=O) groups excluding carboxylic acids is 1. The molecule has 1 fully saturated rings. The molecule has 4 N–H and O–H groups in total. The standard InChI is InChI=1S/C20H29FN4O3S/c1-13(2)19(22)20(26)24-8-5-9-25(14(3)12-24)29(27,28)17-7-4-6-15-10-23-11-16(21)18(15)17/h4,6-7,10-11,13-14,19,27-28H,5,8-9,12,22H2,1-3H3/t14-,19+/m0/s1. The first-order valence-electron chi connectivity index (χ1n) is 9.76. The lowest BCUT2D eigenvalue weighted by molar-refractivity contribution is -0.133. The molecule has 29 heavy (non-hydrogen) atoms. The zero-order valence-corrected chi connectivity index (χ0v) is 17.8. The predicted octanol–water partition coefficient (Wildman–Crippen LogP) is 3.30. The second kappa shape index (κ2) is 8.53. The van der Waals surface area contributed by atoms with E-state index >= 15 is 0 Å². The molecule has 2 aromatic rings. The summed E-state index contributed by atoms with van der Waals surface area (Å²) in [5.74, 6) is -0.711. The number of rotatable bonds is 4. The van der Waals surface area contributed by atoms with Crippen molar-refractivity contribution >= 4 is 27.5 Å². The van der Waals surface area contributed by atoms with Crippen LogP contribution >= 0.6 is 10.8 Å². The van der Waals surface area contributed by atoms with Crippen LogP contribution in [0.15, 0.2) is 35.5 Å². The van der Waals surface area contributed by atoms with E-state index in [-0.39, 0.29) is 28.1 Å². The maximum absolute atomic E-state index is 14.5. The zero-order valence-electron chi connectivity index (χ0n) is 17.0. The summed E-state index contributed by atoms with van der Waals surface area (Å²) in [6.45, 7) is 6.82. The van der Waals surface area contributed by atoms with Crippen molar-refractivity contribution in [3.05, 3.63) is 36.4 Å². The third-order valence-electron chi connectivity index (χ3n) is 5.42. The minimum absolute atomic E-state index is 0.0184. The van der Waals surface area contributed by atoms with Gasteiger partial charge in [-0.05, 0) is 25.3 Å². The molecular formula is C20H29FN4O3S. The van der Waals surface area contributed by atoms with Gasteiger partial charge in [-0.25, -0.2) is 4.39 Å². The van der Waals surface area contributed by atoms with Gasteiger partial charge in [0.15, 0.2) is 5.82 Å². The largest absolute Gasteiger partial charge is 0.340 e. The van der Waals surface area contributed by atoms with Crippen molar-refractivity contribution in [2.75, 3.05) is 19.6 Å². The van der Waals surface area contributed by atoms with E-state index in [1.807, 2.05) is 20.8 Å². The zero-order chi connectivity index (χ0) is 21.3. The number of nitrogens with two attached hydrogens (primary N) is 1. The molecule has 1 aliphatic rings. The Morgan fingerprint density at radius 1 is 1.31 bits per heavy atom. The van der Waals surface area contributed by atoms with E-state index in [0.717, 1.165) is 6.20 Å². The van der Waals surface area contributed by atoms with Gasteiger partial charge in [0, 0.05) is 42.6 Å². The number of carbonyl (C=O) groups is 1. The van der Waals surface area contributed by atoms with Gasteiger partial charge in [-0.15, -0.1) is 10.8 Å². The number of aromatic nitrogens is 1. The number of fused-ring (bicyclic) bond motifs is 1. The number of amides is 1. The third-order valence-corrected chi connectivity index (χ3v) is 7.55. The number of hydrogen-bond acceptors (Lipinski definition) is 6. The van der Waals surface area contributed by atoms with Crippen molar-refractivity contribution < 1.29 is 18.3 Å². The molecule has 1 aliphatic heterocycles. The Morgan fingerprint density at radius 2 is 2.03 bits per heavy atom. The molecular weight excluding hydrogens is 395 g/mol. The molecule has 0 unspecified atom stereocenters. The van der Waals surface area contributed by atoms with E-state index in [4.69, 9.17) is 5.73 Å². The average molecular weight is 425 g/mol. The summed E-state index contributed by atoms with van der Waals surface area (Å²) >= 11 is 0. The lowest BCUT2D eigenvalue weighted by Gasteiger charge is -2.46. The van der Waals surface area contributed by atoms with E-state index < -0.39 is 22.6 Å². The van der Waals surface area contributed by atoms with Crippen LogP contribution in [-0.2, 0) is 4.79 Å². The van der Waals surface area contributed by atoms with Crippen LogP contribution in [0.4, 0.5) is 4.39 Å². The Balaban J connectivity index is 1.92. The predicted molar refractivity (Wildman–Crippen MR) is 113 cm³/mol. The Hall–Kier alpha value is -1.78. The number of hydrogen-bond donors (Lipinski definition) is 3. The molecule has 0 radical (unpaired) electrons. The van der Waals surface area contributed by atoms with Gasteiger partial charge < -0.3 is 10.6 Å². The molecule has 160 valence electrons. The van der Waals surface area contributed by atoms with Crippen LogP contribution in [-0.4, -0.2) is 60.9 Å². The molecule has 7 nitrogen and oxygen atoms in total. The van der Waals surface area contributed by atoms with Crippen LogP contribution in [0.3, 0.4) is 0 Å². The van der Waals surface area contributed by atoms with Gasteiger partial charge in [-0.2, -0.15) is 4.31 Å². The summed E-state index contributed by atoms with van der Waals surface area (Å²) in [6.07, 6.45) is 3.13. The molecule has 1 aromatic heterocycles. The number of halogens is 1. The molecule has 2 heterocycles. The number of benzene rings is 1. The van der Waals surface area contributed by atoms with Crippen molar-refractivity contribution in [1.82, 2.24) is 14.2 Å². The van der Waals surface area contributed by atoms with Crippen LogP contribution in [0.25, 0.3) is 10.8 Å². The Labute approximate surface area is 172 Å². The molecule has 1 amide bonds. The van der Waals surface area contributed by atoms with Gasteiger partial charge in [0.25, 0.3) is 0 Å². The molecule has 0 aliphatic carbocycles. The summed E-state index contributed by atoms with van der Waals surface area (Å²) in [5.41, 5.74) is 6.03. The smallest absolute Gasteiger partial charge is 0.239 e. The fourth-order valence-electron chi connectivity index (χ4n) is 3.73. The van der Waals surface area contributed by atoms with Crippen LogP contribution in [0, 0.1) is 11.7 Å². The van der Waals surface area contributed by atoms with Crippen molar-refractivity contribution in [2.45, 2.75) is 44.2 Å². The lowest BCUT2D eigenvalue weighted by Crippen LogP contribution is -2.49. The van der Waals surface area contributed by atoms with E-state index in [2.05, 4.69) is 4.98 Å². The quantitative estimate of drug-likeness (QED) is 0.696. The van der Waals surface area contributed by atoms with Crippen molar-refractivity contribution in [1.29, 1.82) is 0 Å². The third kappa shape index (κ3) is 4.24. The molecule has 9 heteroatoms. The molecule has 0 bridgehead atoms. The maximum atomic E-state index is 14.5. The van der Waals surface area contributed by atoms with Crippen molar-refractivity contribution in [2.24, 2.45) is 11.7 Å². The first-order valence-corrected chi connectivity index (χ1v) is 11.3. The van der Waals surface area contributed by atoms with Crippen LogP contribution < -0.4 is 5.73 Å². The summed E-state index contributed by atoms with van der Waals surface area (Å²) in [7, 11) is -3.47. The number of pyridine rings is 1. The average Bonchev–Trinajstić information content (AvgIpc) is 2.88. The van der Waals surface area contributed by atoms with E-state index in [1.54, 1.807) is 21.3 Å². The fraction of sp³-hybridized carbons (Fsp3) is 0.500. The SMILES string of the molecule is CC(C)[C@@H](N)C(=O)N1CCCN(S(O)(O)c2cccc3cncc(F)c23)[C@@H](C)C1. The van der Waals surface area contributed by atoms with Gasteiger partial charge >= 0.3 is 0 Å². The Morgan fingerprint density at radius 3 is 2.72 bits per heavy atom. The van der Waals surface area contributed by atoms with Crippen molar-refractivity contribution in [3.8, 4) is 0 Å². The first-order chi connectivity index (χ1) is 13.6. The highest BCUT2D eigenvalue weighted by atomic mass is 32.3. The molecule has 0 spiro atoms. The topological polar surface area (TPSA) is 103 Å². The number of nitrogens with zero attached hydrogens (tertiary/aromatic N) is 3. The highest BCUT2D eigenvalue weighted by Gasteiger charge is 2.36. The summed E-state index contributed by atoms with van der Waals surface area (Å²) in [5, 5.41) is 0.665. The highest BCUT2D eigenvalue weighted by molar-refractivity contribution is 8.22. The van der Waals surface area contributed by atoms with E-state index in [1.165, 1.54) is 12.3 Å². The van der Waals surface area contributed by atoms with Crippen LogP contribution in [0.2, 0.25) is 0 Å². The first kappa shape index (κ1) is 21.9. The molecule has 2 atom stereocenters. The van der Waals surface area contributed by atoms with Gasteiger partial charge in [0.1, 0.15) is 0 Å². The van der Waals surface area contributed by atoms with Gasteiger partial charge in [-0.3, -0.25) is 18.9 Å². The summed E-state index contributed by atoms with van der Waals surface area (Å²) in [6, 6.07) is 3.95. The molecule has 3 rings (SSSR count). The van der Waals surface area contributed by atoms with E-state index in [0.29, 0.717) is 31.4 Å². The Kier molecular flexibility index (Phi) is 6.45. The monoisotopic (exact) mass is 424 g/mol. The maximum Gasteiger partial charge on any atom is 0.239 e. The molecule has 0 saturated carbocycles.